The minimum Gasteiger partial charge on any atom is -0.668 e. The summed E-state index contributed by atoms with van der Waals surface area (Å²) in [6.45, 7) is 1.98. The van der Waals surface area contributed by atoms with E-state index < -0.39 is 5.91 Å². The van der Waals surface area contributed by atoms with Gasteiger partial charge in [0.1, 0.15) is 0 Å². The van der Waals surface area contributed by atoms with Gasteiger partial charge in [-0.05, 0) is 19.4 Å². The zero-order valence-corrected chi connectivity index (χ0v) is 8.97. The van der Waals surface area contributed by atoms with Crippen molar-refractivity contribution in [1.29, 1.82) is 0 Å². The van der Waals surface area contributed by atoms with Gasteiger partial charge >= 0.3 is 0 Å². The van der Waals surface area contributed by atoms with Crippen molar-refractivity contribution in [3.05, 3.63) is 5.73 Å². The molecule has 0 atom stereocenters. The molecular formula is C6H11N2OY-. The van der Waals surface area contributed by atoms with Crippen LogP contribution in [-0.4, -0.2) is 30.9 Å². The molecule has 0 bridgehead atoms. The van der Waals surface area contributed by atoms with Crippen LogP contribution in [0, 0.1) is 5.92 Å². The minimum absolute atomic E-state index is 0. The molecule has 0 aromatic heterocycles. The number of hydrogen-bond donors (Lipinski definition) is 0. The number of nitrogens with one attached hydrogen (secondary N) is 1. The molecule has 0 aliphatic carbocycles. The van der Waals surface area contributed by atoms with E-state index in [1.807, 2.05) is 7.05 Å². The standard InChI is InChI=1S/C6H12N2O.Y/c1-8-3-5(4-8)2-6(7)9;/h5H,2-4H2,1H3,(H2,7,9);/p-1. The molecule has 0 unspecified atom stereocenters. The largest absolute Gasteiger partial charge is 0.668 e. The average molecular weight is 216 g/mol. The Morgan fingerprint density at radius 2 is 2.20 bits per heavy atom. The number of rotatable bonds is 2. The number of likely N-dealkylation sites (tertiary alicyclic amines) is 1. The summed E-state index contributed by atoms with van der Waals surface area (Å²) in [4.78, 5) is 12.3. The summed E-state index contributed by atoms with van der Waals surface area (Å²) in [5.74, 6) is 0.0492. The van der Waals surface area contributed by atoms with Crippen LogP contribution in [0.3, 0.4) is 0 Å². The van der Waals surface area contributed by atoms with E-state index in [4.69, 9.17) is 5.73 Å². The molecule has 0 aromatic rings. The summed E-state index contributed by atoms with van der Waals surface area (Å²) >= 11 is 0. The first-order chi connectivity index (χ1) is 4.18. The number of nitrogens with zero attached hydrogens (tertiary/aromatic N) is 1. The molecule has 1 saturated heterocycles. The zero-order chi connectivity index (χ0) is 6.85. The predicted molar refractivity (Wildman–Crippen MR) is 34.9 cm³/mol. The van der Waals surface area contributed by atoms with Crippen molar-refractivity contribution in [3.63, 3.8) is 0 Å². The quantitative estimate of drug-likeness (QED) is 0.675. The van der Waals surface area contributed by atoms with Gasteiger partial charge in [-0.1, -0.05) is 0 Å². The monoisotopic (exact) mass is 216 g/mol. The Kier molecular flexibility index (Phi) is 4.66. The third kappa shape index (κ3) is 3.08. The molecule has 0 aromatic carbocycles. The van der Waals surface area contributed by atoms with Gasteiger partial charge in [0, 0.05) is 51.7 Å². The molecule has 1 heterocycles. The first-order valence-electron chi connectivity index (χ1n) is 3.11. The van der Waals surface area contributed by atoms with Gasteiger partial charge in [-0.15, -0.1) is 0 Å². The van der Waals surface area contributed by atoms with E-state index in [0.717, 1.165) is 13.1 Å². The Morgan fingerprint density at radius 3 is 2.50 bits per heavy atom. The van der Waals surface area contributed by atoms with Crippen molar-refractivity contribution < 1.29 is 37.5 Å². The molecule has 1 fully saturated rings. The van der Waals surface area contributed by atoms with Crippen molar-refractivity contribution in [2.45, 2.75) is 6.42 Å². The SMILES string of the molecule is CN1CC(CC([NH-])=O)C1.[Y]. The van der Waals surface area contributed by atoms with Gasteiger partial charge in [-0.25, -0.2) is 0 Å². The predicted octanol–water partition coefficient (Wildman–Crippen LogP) is 0.514. The van der Waals surface area contributed by atoms with Crippen LogP contribution in [0.25, 0.3) is 5.73 Å². The van der Waals surface area contributed by atoms with Crippen LogP contribution in [0.15, 0.2) is 0 Å². The Morgan fingerprint density at radius 1 is 1.70 bits per heavy atom. The van der Waals surface area contributed by atoms with Crippen LogP contribution in [0.1, 0.15) is 6.42 Å². The first kappa shape index (κ1) is 10.5. The topological polar surface area (TPSA) is 44.1 Å². The van der Waals surface area contributed by atoms with Crippen LogP contribution in [0.2, 0.25) is 0 Å². The van der Waals surface area contributed by atoms with Crippen molar-refractivity contribution in [1.82, 2.24) is 4.90 Å². The molecule has 1 aliphatic heterocycles. The maximum Gasteiger partial charge on any atom is 0.0491 e. The van der Waals surface area contributed by atoms with Crippen molar-refractivity contribution in [2.24, 2.45) is 5.92 Å². The Hall–Kier alpha value is 0.534. The second-order valence-electron chi connectivity index (χ2n) is 2.71. The second kappa shape index (κ2) is 4.42. The molecule has 0 spiro atoms. The molecule has 1 N–H and O–H groups in total. The number of hydrogen-bond acceptors (Lipinski definition) is 2. The average Bonchev–Trinajstić information content (AvgIpc) is 1.60. The van der Waals surface area contributed by atoms with Gasteiger partial charge in [0.05, 0.1) is 0 Å². The third-order valence-corrected chi connectivity index (χ3v) is 1.61. The Bertz CT molecular complexity index is 123. The third-order valence-electron chi connectivity index (χ3n) is 1.61. The fraction of sp³-hybridized carbons (Fsp3) is 0.833. The molecule has 1 radical (unpaired) electrons. The van der Waals surface area contributed by atoms with E-state index in [-0.39, 0.29) is 32.7 Å². The molecular weight excluding hydrogens is 205 g/mol. The normalized spacial score (nSPS) is 19.3. The van der Waals surface area contributed by atoms with Gasteiger partial charge in [0.15, 0.2) is 0 Å². The van der Waals surface area contributed by atoms with Crippen LogP contribution in [-0.2, 0) is 37.5 Å². The maximum atomic E-state index is 10.2. The summed E-state index contributed by atoms with van der Waals surface area (Å²) in [6, 6.07) is 0. The molecule has 4 heteroatoms. The van der Waals surface area contributed by atoms with Crippen LogP contribution in [0.4, 0.5) is 0 Å². The summed E-state index contributed by atoms with van der Waals surface area (Å²) in [6.07, 6.45) is 0.449. The summed E-state index contributed by atoms with van der Waals surface area (Å²) in [5.41, 5.74) is 6.65. The minimum atomic E-state index is -0.423. The van der Waals surface area contributed by atoms with Gasteiger partial charge in [-0.3, -0.25) is 0 Å². The molecule has 0 saturated carbocycles. The van der Waals surface area contributed by atoms with Crippen molar-refractivity contribution in [2.75, 3.05) is 20.1 Å². The van der Waals surface area contributed by atoms with Gasteiger partial charge in [-0.2, -0.15) is 0 Å². The molecule has 55 valence electrons. The smallest absolute Gasteiger partial charge is 0.0491 e. The van der Waals surface area contributed by atoms with Crippen LogP contribution in [0.5, 0.6) is 0 Å². The fourth-order valence-electron chi connectivity index (χ4n) is 1.22. The Labute approximate surface area is 86.2 Å². The van der Waals surface area contributed by atoms with Gasteiger partial charge < -0.3 is 15.4 Å². The van der Waals surface area contributed by atoms with Gasteiger partial charge in [0.2, 0.25) is 0 Å². The molecule has 1 aliphatic rings. The van der Waals surface area contributed by atoms with Crippen molar-refractivity contribution >= 4 is 5.91 Å². The zero-order valence-electron chi connectivity index (χ0n) is 6.13. The van der Waals surface area contributed by atoms with E-state index in [1.165, 1.54) is 0 Å². The summed E-state index contributed by atoms with van der Waals surface area (Å²) < 4.78 is 0. The van der Waals surface area contributed by atoms with E-state index in [1.54, 1.807) is 0 Å². The van der Waals surface area contributed by atoms with Gasteiger partial charge in [0.25, 0.3) is 0 Å². The summed E-state index contributed by atoms with van der Waals surface area (Å²) in [5, 5.41) is 0. The number of carbonyl (C=O) groups is 1. The van der Waals surface area contributed by atoms with Crippen LogP contribution >= 0.6 is 0 Å². The second-order valence-corrected chi connectivity index (χ2v) is 2.71. The van der Waals surface area contributed by atoms with E-state index >= 15 is 0 Å². The Balaban J connectivity index is 0.000000810. The molecule has 1 rings (SSSR count). The molecule has 1 amide bonds. The summed E-state index contributed by atoms with van der Waals surface area (Å²) in [7, 11) is 2.02. The maximum absolute atomic E-state index is 10.2. The van der Waals surface area contributed by atoms with E-state index in [2.05, 4.69) is 4.90 Å². The van der Waals surface area contributed by atoms with E-state index in [0.29, 0.717) is 12.3 Å². The molecule has 10 heavy (non-hydrogen) atoms. The van der Waals surface area contributed by atoms with Crippen molar-refractivity contribution in [3.8, 4) is 0 Å². The number of amides is 1. The molecule has 3 nitrogen and oxygen atoms in total. The fourth-order valence-corrected chi connectivity index (χ4v) is 1.22. The number of carbonyl (C=O) groups excluding carboxylic acids is 1. The van der Waals surface area contributed by atoms with Crippen LogP contribution < -0.4 is 0 Å². The first-order valence-corrected chi connectivity index (χ1v) is 3.11. The van der Waals surface area contributed by atoms with E-state index in [9.17, 15) is 4.79 Å².